The molecule has 0 aromatic carbocycles. The topological polar surface area (TPSA) is 76.0 Å². The number of allylic oxidation sites excluding steroid dienone is 1. The number of aromatic amines is 1. The molecule has 0 saturated heterocycles. The van der Waals surface area contributed by atoms with E-state index >= 15 is 0 Å². The minimum atomic E-state index is -0.162. The molecule has 1 aromatic rings. The van der Waals surface area contributed by atoms with Crippen molar-refractivity contribution in [2.45, 2.75) is 18.9 Å². The molecule has 5 heteroatoms. The van der Waals surface area contributed by atoms with Crippen molar-refractivity contribution in [1.29, 1.82) is 0 Å². The largest absolute Gasteiger partial charge is 0.496 e. The lowest BCUT2D eigenvalue weighted by molar-refractivity contribution is 0.166. The molecule has 5 nitrogen and oxygen atoms in total. The molecular weight excluding hydrogens is 180 g/mol. The number of ether oxygens (including phenoxy) is 1. The summed E-state index contributed by atoms with van der Waals surface area (Å²) in [6.07, 6.45) is 7.62. The number of H-pyrrole nitrogens is 1. The molecule has 2 rings (SSSR count). The minimum absolute atomic E-state index is 0.162. The maximum absolute atomic E-state index is 5.51. The summed E-state index contributed by atoms with van der Waals surface area (Å²) in [4.78, 5) is 7.15. The molecule has 0 saturated carbocycles. The van der Waals surface area contributed by atoms with Crippen LogP contribution in [0.1, 0.15) is 24.7 Å². The number of aromatic nitrogens is 2. The van der Waals surface area contributed by atoms with Crippen molar-refractivity contribution in [3.63, 3.8) is 0 Å². The fraction of sp³-hybridized carbons (Fsp3) is 0.444. The summed E-state index contributed by atoms with van der Waals surface area (Å²) in [6, 6.07) is -0.162. The van der Waals surface area contributed by atoms with Crippen molar-refractivity contribution in [2.24, 2.45) is 5.84 Å². The fourth-order valence-electron chi connectivity index (χ4n) is 1.51. The minimum Gasteiger partial charge on any atom is -0.496 e. The molecule has 0 bridgehead atoms. The smallest absolute Gasteiger partial charge is 0.136 e. The van der Waals surface area contributed by atoms with E-state index in [1.165, 1.54) is 0 Å². The summed E-state index contributed by atoms with van der Waals surface area (Å²) >= 11 is 0. The van der Waals surface area contributed by atoms with Crippen molar-refractivity contribution in [3.05, 3.63) is 30.1 Å². The Bertz CT molecular complexity index is 307. The molecule has 0 fully saturated rings. The van der Waals surface area contributed by atoms with Crippen LogP contribution in [0.3, 0.4) is 0 Å². The van der Waals surface area contributed by atoms with Crippen molar-refractivity contribution >= 4 is 0 Å². The molecule has 1 aromatic heterocycles. The zero-order chi connectivity index (χ0) is 9.80. The zero-order valence-corrected chi connectivity index (χ0v) is 7.86. The van der Waals surface area contributed by atoms with Crippen molar-refractivity contribution in [3.8, 4) is 0 Å². The predicted octanol–water partition coefficient (Wildman–Crippen LogP) is 0.608. The lowest BCUT2D eigenvalue weighted by atomic mass is 10.1. The summed E-state index contributed by atoms with van der Waals surface area (Å²) in [7, 11) is 0. The van der Waals surface area contributed by atoms with Crippen molar-refractivity contribution in [1.82, 2.24) is 15.4 Å². The Morgan fingerprint density at radius 1 is 1.64 bits per heavy atom. The highest BCUT2D eigenvalue weighted by molar-refractivity contribution is 5.13. The SMILES string of the molecule is NNC(C1=CCCCO1)c1ncc[nH]1. The highest BCUT2D eigenvalue weighted by Crippen LogP contribution is 2.22. The number of hydrazine groups is 1. The number of nitrogens with one attached hydrogen (secondary N) is 2. The summed E-state index contributed by atoms with van der Waals surface area (Å²) in [5, 5.41) is 0. The second-order valence-electron chi connectivity index (χ2n) is 3.17. The van der Waals surface area contributed by atoms with E-state index in [2.05, 4.69) is 21.5 Å². The number of nitrogens with zero attached hydrogens (tertiary/aromatic N) is 1. The lowest BCUT2D eigenvalue weighted by Crippen LogP contribution is -2.31. The van der Waals surface area contributed by atoms with E-state index in [0.717, 1.165) is 31.0 Å². The van der Waals surface area contributed by atoms with Gasteiger partial charge in [-0.25, -0.2) is 10.4 Å². The van der Waals surface area contributed by atoms with E-state index in [0.29, 0.717) is 0 Å². The normalized spacial score (nSPS) is 18.5. The van der Waals surface area contributed by atoms with Gasteiger partial charge in [0, 0.05) is 12.4 Å². The van der Waals surface area contributed by atoms with Gasteiger partial charge in [-0.2, -0.15) is 0 Å². The molecule has 1 aliphatic rings. The van der Waals surface area contributed by atoms with Crippen LogP contribution in [-0.2, 0) is 4.74 Å². The van der Waals surface area contributed by atoms with E-state index in [1.54, 1.807) is 12.4 Å². The summed E-state index contributed by atoms with van der Waals surface area (Å²) in [5.41, 5.74) is 2.69. The number of hydrogen-bond acceptors (Lipinski definition) is 4. The van der Waals surface area contributed by atoms with Gasteiger partial charge >= 0.3 is 0 Å². The van der Waals surface area contributed by atoms with Gasteiger partial charge in [-0.3, -0.25) is 5.84 Å². The molecule has 1 aliphatic heterocycles. The molecule has 14 heavy (non-hydrogen) atoms. The van der Waals surface area contributed by atoms with Crippen LogP contribution in [0.5, 0.6) is 0 Å². The molecule has 1 unspecified atom stereocenters. The Kier molecular flexibility index (Phi) is 2.81. The maximum atomic E-state index is 5.51. The third-order valence-corrected chi connectivity index (χ3v) is 2.21. The van der Waals surface area contributed by atoms with Gasteiger partial charge in [0.15, 0.2) is 0 Å². The monoisotopic (exact) mass is 194 g/mol. The zero-order valence-electron chi connectivity index (χ0n) is 7.86. The molecule has 2 heterocycles. The Labute approximate surface area is 82.3 Å². The molecule has 0 radical (unpaired) electrons. The first kappa shape index (κ1) is 9.23. The van der Waals surface area contributed by atoms with E-state index in [4.69, 9.17) is 10.6 Å². The van der Waals surface area contributed by atoms with Gasteiger partial charge in [-0.05, 0) is 18.9 Å². The molecule has 76 valence electrons. The van der Waals surface area contributed by atoms with Crippen LogP contribution in [0, 0.1) is 0 Å². The van der Waals surface area contributed by atoms with Gasteiger partial charge in [0.05, 0.1) is 6.61 Å². The fourth-order valence-corrected chi connectivity index (χ4v) is 1.51. The second-order valence-corrected chi connectivity index (χ2v) is 3.17. The van der Waals surface area contributed by atoms with Gasteiger partial charge in [0.2, 0.25) is 0 Å². The Morgan fingerprint density at radius 3 is 3.14 bits per heavy atom. The van der Waals surface area contributed by atoms with Crippen LogP contribution >= 0.6 is 0 Å². The average molecular weight is 194 g/mol. The van der Waals surface area contributed by atoms with Crippen LogP contribution in [0.25, 0.3) is 0 Å². The predicted molar refractivity (Wildman–Crippen MR) is 51.9 cm³/mol. The highest BCUT2D eigenvalue weighted by atomic mass is 16.5. The van der Waals surface area contributed by atoms with Gasteiger partial charge in [0.25, 0.3) is 0 Å². The highest BCUT2D eigenvalue weighted by Gasteiger charge is 2.20. The number of imidazole rings is 1. The van der Waals surface area contributed by atoms with Crippen LogP contribution in [0.15, 0.2) is 24.2 Å². The third kappa shape index (κ3) is 1.78. The van der Waals surface area contributed by atoms with Gasteiger partial charge in [-0.1, -0.05) is 0 Å². The van der Waals surface area contributed by atoms with Crippen LogP contribution in [-0.4, -0.2) is 16.6 Å². The standard InChI is InChI=1S/C9H14N4O/c10-13-8(9-11-4-5-12-9)7-3-1-2-6-14-7/h3-5,8,13H,1-2,6,10H2,(H,11,12). The Morgan fingerprint density at radius 2 is 2.57 bits per heavy atom. The van der Waals surface area contributed by atoms with Crippen LogP contribution in [0.2, 0.25) is 0 Å². The average Bonchev–Trinajstić information content (AvgIpc) is 2.74. The van der Waals surface area contributed by atoms with E-state index in [-0.39, 0.29) is 6.04 Å². The van der Waals surface area contributed by atoms with Crippen LogP contribution < -0.4 is 11.3 Å². The van der Waals surface area contributed by atoms with Gasteiger partial charge < -0.3 is 9.72 Å². The molecule has 0 spiro atoms. The maximum Gasteiger partial charge on any atom is 0.136 e. The van der Waals surface area contributed by atoms with E-state index in [9.17, 15) is 0 Å². The number of rotatable bonds is 3. The summed E-state index contributed by atoms with van der Waals surface area (Å²) in [5.74, 6) is 7.10. The van der Waals surface area contributed by atoms with Crippen molar-refractivity contribution in [2.75, 3.05) is 6.61 Å². The first-order valence-electron chi connectivity index (χ1n) is 4.70. The third-order valence-electron chi connectivity index (χ3n) is 2.21. The first-order valence-corrected chi connectivity index (χ1v) is 4.70. The number of nitrogens with two attached hydrogens (primary N) is 1. The lowest BCUT2D eigenvalue weighted by Gasteiger charge is -2.21. The molecule has 1 atom stereocenters. The molecule has 4 N–H and O–H groups in total. The van der Waals surface area contributed by atoms with Crippen molar-refractivity contribution < 1.29 is 4.74 Å². The van der Waals surface area contributed by atoms with Gasteiger partial charge in [-0.15, -0.1) is 0 Å². The second kappa shape index (κ2) is 4.26. The van der Waals surface area contributed by atoms with Crippen LogP contribution in [0.4, 0.5) is 0 Å². The summed E-state index contributed by atoms with van der Waals surface area (Å²) < 4.78 is 5.51. The number of hydrogen-bond donors (Lipinski definition) is 3. The van der Waals surface area contributed by atoms with E-state index in [1.807, 2.05) is 0 Å². The Hall–Kier alpha value is -1.33. The summed E-state index contributed by atoms with van der Waals surface area (Å²) in [6.45, 7) is 0.755. The molecule has 0 amide bonds. The molecular formula is C9H14N4O. The molecule has 0 aliphatic carbocycles. The quantitative estimate of drug-likeness (QED) is 0.486. The van der Waals surface area contributed by atoms with Gasteiger partial charge in [0.1, 0.15) is 17.6 Å². The first-order chi connectivity index (χ1) is 6.92. The Balaban J connectivity index is 2.16. The van der Waals surface area contributed by atoms with E-state index < -0.39 is 0 Å².